The lowest BCUT2D eigenvalue weighted by Gasteiger charge is -2.11. The summed E-state index contributed by atoms with van der Waals surface area (Å²) in [6.07, 6.45) is -0.801. The van der Waals surface area contributed by atoms with Crippen LogP contribution in [0.5, 0.6) is 5.75 Å². The van der Waals surface area contributed by atoms with Crippen LogP contribution < -0.4 is 15.4 Å². The monoisotopic (exact) mass is 358 g/mol. The molecule has 2 amide bonds. The molecule has 0 spiro atoms. The van der Waals surface area contributed by atoms with Gasteiger partial charge in [0.15, 0.2) is 0 Å². The Hall–Kier alpha value is -3.55. The number of carbonyl (C=O) groups is 3. The van der Waals surface area contributed by atoms with Gasteiger partial charge in [-0.15, -0.1) is 0 Å². The van der Waals surface area contributed by atoms with Crippen molar-refractivity contribution in [1.29, 1.82) is 0 Å². The summed E-state index contributed by atoms with van der Waals surface area (Å²) in [5.74, 6) is -0.271. The maximum Gasteiger partial charge on any atom is 0.513 e. The van der Waals surface area contributed by atoms with Crippen LogP contribution >= 0.6 is 0 Å². The van der Waals surface area contributed by atoms with E-state index in [4.69, 9.17) is 4.74 Å². The SMILES string of the molecule is CCOC(=O)Oc1ccc(NC(=O)Nc2ccccc2C(=O)OC)cc1. The predicted molar refractivity (Wildman–Crippen MR) is 94.5 cm³/mol. The molecule has 8 heteroatoms. The van der Waals surface area contributed by atoms with Crippen LogP contribution in [0, 0.1) is 0 Å². The zero-order valence-corrected chi connectivity index (χ0v) is 14.3. The largest absolute Gasteiger partial charge is 0.513 e. The van der Waals surface area contributed by atoms with Gasteiger partial charge in [0, 0.05) is 5.69 Å². The summed E-state index contributed by atoms with van der Waals surface area (Å²) in [5, 5.41) is 5.19. The fourth-order valence-electron chi connectivity index (χ4n) is 2.01. The molecule has 0 aliphatic rings. The van der Waals surface area contributed by atoms with Crippen molar-refractivity contribution in [2.75, 3.05) is 24.4 Å². The molecule has 0 atom stereocenters. The van der Waals surface area contributed by atoms with Crippen LogP contribution in [-0.4, -0.2) is 31.9 Å². The topological polar surface area (TPSA) is 103 Å². The van der Waals surface area contributed by atoms with Gasteiger partial charge in [-0.1, -0.05) is 12.1 Å². The normalized spacial score (nSPS) is 9.77. The van der Waals surface area contributed by atoms with E-state index in [0.29, 0.717) is 11.4 Å². The Morgan fingerprint density at radius 2 is 1.65 bits per heavy atom. The van der Waals surface area contributed by atoms with Crippen molar-refractivity contribution in [3.05, 3.63) is 54.1 Å². The Morgan fingerprint density at radius 3 is 2.31 bits per heavy atom. The Bertz CT molecular complexity index is 789. The van der Waals surface area contributed by atoms with Gasteiger partial charge in [-0.25, -0.2) is 14.4 Å². The molecule has 0 bridgehead atoms. The third-order valence-electron chi connectivity index (χ3n) is 3.16. The fourth-order valence-corrected chi connectivity index (χ4v) is 2.01. The molecule has 2 rings (SSSR count). The standard InChI is InChI=1S/C18H18N2O6/c1-3-25-18(23)26-13-10-8-12(9-11-13)19-17(22)20-15-7-5-4-6-14(15)16(21)24-2/h4-11H,3H2,1-2H3,(H2,19,20,22). The summed E-state index contributed by atoms with van der Waals surface area (Å²) in [6.45, 7) is 1.89. The van der Waals surface area contributed by atoms with E-state index >= 15 is 0 Å². The van der Waals surface area contributed by atoms with Gasteiger partial charge < -0.3 is 24.8 Å². The van der Waals surface area contributed by atoms with Crippen LogP contribution in [0.15, 0.2) is 48.5 Å². The Morgan fingerprint density at radius 1 is 0.962 bits per heavy atom. The molecule has 0 radical (unpaired) electrons. The van der Waals surface area contributed by atoms with E-state index in [0.717, 1.165) is 0 Å². The van der Waals surface area contributed by atoms with Gasteiger partial charge in [-0.3, -0.25) is 0 Å². The lowest BCUT2D eigenvalue weighted by molar-refractivity contribution is 0.0601. The van der Waals surface area contributed by atoms with Gasteiger partial charge in [0.25, 0.3) is 0 Å². The minimum absolute atomic E-state index is 0.214. The van der Waals surface area contributed by atoms with E-state index in [1.807, 2.05) is 0 Å². The molecular weight excluding hydrogens is 340 g/mol. The second-order valence-electron chi connectivity index (χ2n) is 4.93. The van der Waals surface area contributed by atoms with Gasteiger partial charge in [-0.2, -0.15) is 0 Å². The minimum atomic E-state index is -0.801. The van der Waals surface area contributed by atoms with Crippen molar-refractivity contribution in [2.24, 2.45) is 0 Å². The molecule has 0 aliphatic carbocycles. The van der Waals surface area contributed by atoms with Crippen molar-refractivity contribution >= 4 is 29.5 Å². The van der Waals surface area contributed by atoms with Crippen molar-refractivity contribution in [1.82, 2.24) is 0 Å². The smallest absolute Gasteiger partial charge is 0.465 e. The molecule has 0 aliphatic heterocycles. The van der Waals surface area contributed by atoms with Crippen LogP contribution in [0.1, 0.15) is 17.3 Å². The Balaban J connectivity index is 1.98. The highest BCUT2D eigenvalue weighted by atomic mass is 16.7. The number of ether oxygens (including phenoxy) is 3. The number of hydrogen-bond donors (Lipinski definition) is 2. The van der Waals surface area contributed by atoms with Gasteiger partial charge in [0.1, 0.15) is 5.75 Å². The maximum absolute atomic E-state index is 12.1. The maximum atomic E-state index is 12.1. The molecule has 2 aromatic rings. The summed E-state index contributed by atoms with van der Waals surface area (Å²) in [4.78, 5) is 35.0. The lowest BCUT2D eigenvalue weighted by atomic mass is 10.2. The molecule has 26 heavy (non-hydrogen) atoms. The van der Waals surface area contributed by atoms with Crippen molar-refractivity contribution in [3.63, 3.8) is 0 Å². The van der Waals surface area contributed by atoms with Gasteiger partial charge in [0.05, 0.1) is 25.0 Å². The average molecular weight is 358 g/mol. The Kier molecular flexibility index (Phi) is 6.55. The van der Waals surface area contributed by atoms with E-state index in [2.05, 4.69) is 20.1 Å². The third kappa shape index (κ3) is 5.23. The number of carbonyl (C=O) groups excluding carboxylic acids is 3. The second-order valence-corrected chi connectivity index (χ2v) is 4.93. The number of benzene rings is 2. The number of hydrogen-bond acceptors (Lipinski definition) is 6. The summed E-state index contributed by atoms with van der Waals surface area (Å²) < 4.78 is 14.3. The number of esters is 1. The van der Waals surface area contributed by atoms with E-state index in [9.17, 15) is 14.4 Å². The molecule has 8 nitrogen and oxygen atoms in total. The molecule has 0 saturated heterocycles. The third-order valence-corrected chi connectivity index (χ3v) is 3.16. The first-order chi connectivity index (χ1) is 12.5. The lowest BCUT2D eigenvalue weighted by Crippen LogP contribution is -2.21. The van der Waals surface area contributed by atoms with Crippen LogP contribution in [-0.2, 0) is 9.47 Å². The molecule has 0 aromatic heterocycles. The average Bonchev–Trinajstić information content (AvgIpc) is 2.63. The number of nitrogens with one attached hydrogen (secondary N) is 2. The molecule has 0 fully saturated rings. The van der Waals surface area contributed by atoms with Crippen LogP contribution in [0.3, 0.4) is 0 Å². The van der Waals surface area contributed by atoms with Gasteiger partial charge >= 0.3 is 18.2 Å². The van der Waals surface area contributed by atoms with E-state index in [-0.39, 0.29) is 17.9 Å². The number of amides is 2. The molecule has 0 heterocycles. The fraction of sp³-hybridized carbons (Fsp3) is 0.167. The van der Waals surface area contributed by atoms with E-state index in [1.54, 1.807) is 43.3 Å². The highest BCUT2D eigenvalue weighted by Crippen LogP contribution is 2.18. The summed E-state index contributed by atoms with van der Waals surface area (Å²) in [5.41, 5.74) is 1.02. The molecule has 136 valence electrons. The van der Waals surface area contributed by atoms with E-state index < -0.39 is 18.2 Å². The predicted octanol–water partition coefficient (Wildman–Crippen LogP) is 3.65. The van der Waals surface area contributed by atoms with Crippen LogP contribution in [0.25, 0.3) is 0 Å². The van der Waals surface area contributed by atoms with Crippen LogP contribution in [0.4, 0.5) is 21.0 Å². The number of methoxy groups -OCH3 is 1. The Labute approximate surface area is 150 Å². The quantitative estimate of drug-likeness (QED) is 0.625. The van der Waals surface area contributed by atoms with Crippen molar-refractivity contribution < 1.29 is 28.6 Å². The first-order valence-electron chi connectivity index (χ1n) is 7.73. The first kappa shape index (κ1) is 18.8. The first-order valence-corrected chi connectivity index (χ1v) is 7.73. The van der Waals surface area contributed by atoms with Crippen LogP contribution in [0.2, 0.25) is 0 Å². The number of urea groups is 1. The van der Waals surface area contributed by atoms with Crippen molar-refractivity contribution in [2.45, 2.75) is 6.92 Å². The molecule has 2 aromatic carbocycles. The zero-order chi connectivity index (χ0) is 18.9. The number of anilines is 2. The summed E-state index contributed by atoms with van der Waals surface area (Å²) in [6, 6.07) is 12.1. The molecule has 0 saturated carbocycles. The zero-order valence-electron chi connectivity index (χ0n) is 14.3. The summed E-state index contributed by atoms with van der Waals surface area (Å²) in [7, 11) is 1.26. The van der Waals surface area contributed by atoms with Crippen molar-refractivity contribution in [3.8, 4) is 5.75 Å². The minimum Gasteiger partial charge on any atom is -0.465 e. The number of rotatable bonds is 5. The highest BCUT2D eigenvalue weighted by Gasteiger charge is 2.13. The highest BCUT2D eigenvalue weighted by molar-refractivity contribution is 6.05. The molecule has 0 unspecified atom stereocenters. The van der Waals surface area contributed by atoms with Gasteiger partial charge in [-0.05, 0) is 43.3 Å². The molecular formula is C18H18N2O6. The second kappa shape index (κ2) is 9.07. The summed E-state index contributed by atoms with van der Waals surface area (Å²) >= 11 is 0. The molecule has 2 N–H and O–H groups in total. The number of para-hydroxylation sites is 1. The van der Waals surface area contributed by atoms with Gasteiger partial charge in [0.2, 0.25) is 0 Å². The van der Waals surface area contributed by atoms with E-state index in [1.165, 1.54) is 19.2 Å².